The third kappa shape index (κ3) is 3.29. The highest BCUT2D eigenvalue weighted by molar-refractivity contribution is 7.93. The Hall–Kier alpha value is -0.580. The van der Waals surface area contributed by atoms with Gasteiger partial charge in [-0.15, -0.1) is 5.16 Å². The van der Waals surface area contributed by atoms with Crippen molar-refractivity contribution < 1.29 is 9.42 Å². The highest BCUT2D eigenvalue weighted by Crippen LogP contribution is 2.19. The normalized spacial score (nSPS) is 33.8. The predicted molar refractivity (Wildman–Crippen MR) is 58.4 cm³/mol. The first kappa shape index (κ1) is 11.5. The van der Waals surface area contributed by atoms with E-state index >= 15 is 0 Å². The van der Waals surface area contributed by atoms with Crippen molar-refractivity contribution in [3.63, 3.8) is 0 Å². The molecule has 0 unspecified atom stereocenters. The van der Waals surface area contributed by atoms with Gasteiger partial charge in [-0.3, -0.25) is 0 Å². The molecule has 1 aliphatic heterocycles. The zero-order chi connectivity index (χ0) is 10.6. The van der Waals surface area contributed by atoms with Crippen molar-refractivity contribution in [2.45, 2.75) is 32.7 Å². The fourth-order valence-electron chi connectivity index (χ4n) is 1.65. The average molecular weight is 218 g/mol. The fraction of sp³-hybridized carbons (Fsp3) is 0.889. The molecule has 0 aromatic carbocycles. The van der Waals surface area contributed by atoms with Crippen LogP contribution in [0.15, 0.2) is 9.52 Å². The van der Waals surface area contributed by atoms with Gasteiger partial charge in [-0.2, -0.15) is 0 Å². The van der Waals surface area contributed by atoms with E-state index in [9.17, 15) is 4.21 Å². The molecule has 0 aromatic heterocycles. The van der Waals surface area contributed by atoms with Crippen molar-refractivity contribution in [2.75, 3.05) is 11.5 Å². The Morgan fingerprint density at radius 2 is 2.00 bits per heavy atom. The SMILES string of the molecule is CC(C)N=S1(=O)CCC(C=NO)CC1. The largest absolute Gasteiger partial charge is 0.411 e. The Morgan fingerprint density at radius 1 is 1.43 bits per heavy atom. The number of nitrogens with zero attached hydrogens (tertiary/aromatic N) is 2. The Morgan fingerprint density at radius 3 is 2.43 bits per heavy atom. The Kier molecular flexibility index (Phi) is 3.92. The van der Waals surface area contributed by atoms with E-state index in [1.165, 1.54) is 6.21 Å². The zero-order valence-electron chi connectivity index (χ0n) is 8.72. The maximum atomic E-state index is 12.1. The minimum Gasteiger partial charge on any atom is -0.411 e. The molecule has 1 fully saturated rings. The lowest BCUT2D eigenvalue weighted by Crippen LogP contribution is -2.24. The molecule has 1 N–H and O–H groups in total. The highest BCUT2D eigenvalue weighted by atomic mass is 32.2. The summed E-state index contributed by atoms with van der Waals surface area (Å²) in [5, 5.41) is 11.4. The van der Waals surface area contributed by atoms with Gasteiger partial charge in [0.25, 0.3) is 0 Å². The summed E-state index contributed by atoms with van der Waals surface area (Å²) in [6, 6.07) is 0.144. The lowest BCUT2D eigenvalue weighted by Gasteiger charge is -2.21. The second kappa shape index (κ2) is 4.77. The van der Waals surface area contributed by atoms with Crippen LogP contribution in [0, 0.1) is 5.92 Å². The molecule has 1 rings (SSSR count). The molecule has 0 bridgehead atoms. The van der Waals surface area contributed by atoms with Gasteiger partial charge in [-0.25, -0.2) is 8.57 Å². The van der Waals surface area contributed by atoms with Crippen LogP contribution < -0.4 is 0 Å². The van der Waals surface area contributed by atoms with E-state index in [1.807, 2.05) is 13.8 Å². The van der Waals surface area contributed by atoms with E-state index in [-0.39, 0.29) is 12.0 Å². The average Bonchev–Trinajstić information content (AvgIpc) is 2.08. The van der Waals surface area contributed by atoms with Crippen LogP contribution in [0.25, 0.3) is 0 Å². The summed E-state index contributed by atoms with van der Waals surface area (Å²) >= 11 is 0. The fourth-order valence-corrected chi connectivity index (χ4v) is 4.18. The first-order valence-corrected chi connectivity index (χ1v) is 6.80. The molecule has 1 saturated heterocycles. The van der Waals surface area contributed by atoms with Crippen molar-refractivity contribution >= 4 is 15.9 Å². The smallest absolute Gasteiger partial charge is 0.0537 e. The first-order chi connectivity index (χ1) is 6.56. The van der Waals surface area contributed by atoms with Gasteiger partial charge < -0.3 is 5.21 Å². The lowest BCUT2D eigenvalue weighted by molar-refractivity contribution is 0.317. The van der Waals surface area contributed by atoms with Gasteiger partial charge in [0.2, 0.25) is 0 Å². The highest BCUT2D eigenvalue weighted by Gasteiger charge is 2.21. The molecular formula is C9H18N2O2S. The Bertz CT molecular complexity index is 303. The summed E-state index contributed by atoms with van der Waals surface area (Å²) in [4.78, 5) is 0. The molecule has 1 aliphatic rings. The van der Waals surface area contributed by atoms with Crippen LogP contribution in [0.5, 0.6) is 0 Å². The van der Waals surface area contributed by atoms with Crippen LogP contribution in [0.1, 0.15) is 26.7 Å². The van der Waals surface area contributed by atoms with Crippen molar-refractivity contribution in [3.05, 3.63) is 0 Å². The third-order valence-electron chi connectivity index (χ3n) is 2.30. The van der Waals surface area contributed by atoms with Crippen LogP contribution in [-0.2, 0) is 9.73 Å². The molecule has 82 valence electrons. The van der Waals surface area contributed by atoms with Gasteiger partial charge in [-0.1, -0.05) is 0 Å². The topological polar surface area (TPSA) is 62.0 Å². The molecule has 0 aromatic rings. The lowest BCUT2D eigenvalue weighted by atomic mass is 10.1. The number of oxime groups is 1. The van der Waals surface area contributed by atoms with E-state index in [0.717, 1.165) is 12.8 Å². The molecule has 0 atom stereocenters. The van der Waals surface area contributed by atoms with E-state index in [2.05, 4.69) is 9.52 Å². The number of hydrogen-bond acceptors (Lipinski definition) is 4. The molecule has 1 heterocycles. The van der Waals surface area contributed by atoms with Gasteiger partial charge in [0.15, 0.2) is 0 Å². The van der Waals surface area contributed by atoms with Gasteiger partial charge in [0.1, 0.15) is 0 Å². The van der Waals surface area contributed by atoms with Crippen molar-refractivity contribution in [1.29, 1.82) is 0 Å². The Balaban J connectivity index is 2.62. The first-order valence-electron chi connectivity index (χ1n) is 4.95. The molecule has 4 nitrogen and oxygen atoms in total. The van der Waals surface area contributed by atoms with Crippen molar-refractivity contribution in [2.24, 2.45) is 15.4 Å². The van der Waals surface area contributed by atoms with Crippen molar-refractivity contribution in [3.8, 4) is 0 Å². The molecule has 0 radical (unpaired) electrons. The summed E-state index contributed by atoms with van der Waals surface area (Å²) in [5.74, 6) is 1.56. The van der Waals surface area contributed by atoms with Crippen LogP contribution in [0.3, 0.4) is 0 Å². The van der Waals surface area contributed by atoms with E-state index in [4.69, 9.17) is 5.21 Å². The molecular weight excluding hydrogens is 200 g/mol. The maximum Gasteiger partial charge on any atom is 0.0537 e. The molecule has 14 heavy (non-hydrogen) atoms. The molecule has 0 aliphatic carbocycles. The van der Waals surface area contributed by atoms with Gasteiger partial charge in [-0.05, 0) is 32.6 Å². The number of hydrogen-bond donors (Lipinski definition) is 1. The minimum atomic E-state index is -1.96. The Labute approximate surface area is 85.6 Å². The second-order valence-electron chi connectivity index (χ2n) is 3.98. The second-order valence-corrected chi connectivity index (χ2v) is 6.55. The molecule has 0 amide bonds. The van der Waals surface area contributed by atoms with Gasteiger partial charge in [0.05, 0.1) is 6.04 Å². The summed E-state index contributed by atoms with van der Waals surface area (Å²) in [7, 11) is -1.96. The quantitative estimate of drug-likeness (QED) is 0.436. The molecule has 0 spiro atoms. The summed E-state index contributed by atoms with van der Waals surface area (Å²) in [6.45, 7) is 3.90. The van der Waals surface area contributed by atoms with Crippen LogP contribution in [0.4, 0.5) is 0 Å². The minimum absolute atomic E-state index is 0.144. The van der Waals surface area contributed by atoms with E-state index in [0.29, 0.717) is 11.5 Å². The van der Waals surface area contributed by atoms with Gasteiger partial charge >= 0.3 is 0 Å². The molecule has 0 saturated carbocycles. The summed E-state index contributed by atoms with van der Waals surface area (Å²) in [6.07, 6.45) is 3.17. The van der Waals surface area contributed by atoms with E-state index < -0.39 is 9.73 Å². The van der Waals surface area contributed by atoms with Gasteiger partial charge in [0, 0.05) is 27.4 Å². The van der Waals surface area contributed by atoms with Crippen LogP contribution in [0.2, 0.25) is 0 Å². The third-order valence-corrected chi connectivity index (χ3v) is 4.85. The summed E-state index contributed by atoms with van der Waals surface area (Å²) < 4.78 is 16.4. The van der Waals surface area contributed by atoms with Crippen LogP contribution >= 0.6 is 0 Å². The summed E-state index contributed by atoms with van der Waals surface area (Å²) in [5.41, 5.74) is 0. The molecule has 5 heteroatoms. The maximum absolute atomic E-state index is 12.1. The standard InChI is InChI=1S/C9H18N2O2S/c1-8(2)11-14(13)5-3-9(4-6-14)7-10-12/h7-9,12H,3-6H2,1-2H3. The van der Waals surface area contributed by atoms with Crippen LogP contribution in [-0.4, -0.2) is 33.2 Å². The zero-order valence-corrected chi connectivity index (χ0v) is 9.54. The number of rotatable bonds is 2. The van der Waals surface area contributed by atoms with Crippen molar-refractivity contribution in [1.82, 2.24) is 0 Å². The van der Waals surface area contributed by atoms with E-state index in [1.54, 1.807) is 0 Å². The monoisotopic (exact) mass is 218 g/mol. The predicted octanol–water partition coefficient (Wildman–Crippen LogP) is 1.73.